The van der Waals surface area contributed by atoms with Crippen LogP contribution in [-0.2, 0) is 24.9 Å². The highest BCUT2D eigenvalue weighted by Crippen LogP contribution is 2.35. The van der Waals surface area contributed by atoms with E-state index in [0.29, 0.717) is 31.3 Å². The number of hydrogen-bond donors (Lipinski definition) is 1. The predicted molar refractivity (Wildman–Crippen MR) is 127 cm³/mol. The van der Waals surface area contributed by atoms with E-state index in [1.54, 1.807) is 17.1 Å². The van der Waals surface area contributed by atoms with Crippen molar-refractivity contribution in [3.8, 4) is 17.3 Å². The average Bonchev–Trinajstić information content (AvgIpc) is 3.62. The summed E-state index contributed by atoms with van der Waals surface area (Å²) in [6.07, 6.45) is 11.7. The van der Waals surface area contributed by atoms with Crippen LogP contribution in [0.5, 0.6) is 0 Å². The SMILES string of the molecule is CCCc1cn(-c2nncn2CC)c(=O)n1CC1(c2cccc(-c3nnn[nH]3)c2)C=CN=CC1. The number of aliphatic imine (C=N–C) groups is 1. The molecule has 1 atom stereocenters. The molecule has 4 heterocycles. The first kappa shape index (κ1) is 21.7. The molecule has 1 aromatic carbocycles. The first-order valence-corrected chi connectivity index (χ1v) is 11.4. The number of imidazole rings is 1. The Kier molecular flexibility index (Phi) is 5.74. The fraction of sp³-hybridized carbons (Fsp3) is 0.348. The molecule has 1 aliphatic rings. The van der Waals surface area contributed by atoms with E-state index in [4.69, 9.17) is 0 Å². The van der Waals surface area contributed by atoms with Gasteiger partial charge in [-0.25, -0.2) is 14.5 Å². The summed E-state index contributed by atoms with van der Waals surface area (Å²) in [5.41, 5.74) is 2.32. The molecule has 11 heteroatoms. The van der Waals surface area contributed by atoms with Crippen molar-refractivity contribution in [1.82, 2.24) is 44.5 Å². The zero-order valence-electron chi connectivity index (χ0n) is 19.2. The average molecular weight is 459 g/mol. The molecule has 174 valence electrons. The quantitative estimate of drug-likeness (QED) is 0.432. The van der Waals surface area contributed by atoms with Crippen molar-refractivity contribution in [3.05, 3.63) is 70.8 Å². The molecule has 1 unspecified atom stereocenters. The maximum absolute atomic E-state index is 13.7. The fourth-order valence-corrected chi connectivity index (χ4v) is 4.45. The van der Waals surface area contributed by atoms with E-state index >= 15 is 0 Å². The maximum atomic E-state index is 13.7. The number of aromatic nitrogens is 9. The minimum Gasteiger partial charge on any atom is -0.299 e. The first-order valence-electron chi connectivity index (χ1n) is 11.4. The van der Waals surface area contributed by atoms with Gasteiger partial charge in [0.25, 0.3) is 0 Å². The van der Waals surface area contributed by atoms with Crippen LogP contribution < -0.4 is 5.69 Å². The summed E-state index contributed by atoms with van der Waals surface area (Å²) in [7, 11) is 0. The lowest BCUT2D eigenvalue weighted by Gasteiger charge is -2.32. The highest BCUT2D eigenvalue weighted by Gasteiger charge is 2.33. The number of hydrogen-bond acceptors (Lipinski definition) is 7. The van der Waals surface area contributed by atoms with E-state index in [0.717, 1.165) is 29.7 Å². The third-order valence-corrected chi connectivity index (χ3v) is 6.26. The van der Waals surface area contributed by atoms with Gasteiger partial charge in [-0.2, -0.15) is 0 Å². The number of aryl methyl sites for hydroxylation is 2. The van der Waals surface area contributed by atoms with Crippen LogP contribution in [0, 0.1) is 0 Å². The molecule has 0 aliphatic carbocycles. The molecule has 0 spiro atoms. The Balaban J connectivity index is 1.61. The summed E-state index contributed by atoms with van der Waals surface area (Å²) in [4.78, 5) is 18.0. The number of allylic oxidation sites excluding steroid dienone is 1. The minimum absolute atomic E-state index is 0.128. The fourth-order valence-electron chi connectivity index (χ4n) is 4.45. The second-order valence-electron chi connectivity index (χ2n) is 8.36. The molecule has 4 aromatic rings. The van der Waals surface area contributed by atoms with Crippen molar-refractivity contribution in [2.24, 2.45) is 4.99 Å². The molecular weight excluding hydrogens is 432 g/mol. The van der Waals surface area contributed by atoms with Crippen molar-refractivity contribution in [2.45, 2.75) is 51.6 Å². The number of nitrogens with zero attached hydrogens (tertiary/aromatic N) is 9. The van der Waals surface area contributed by atoms with E-state index in [2.05, 4.69) is 60.9 Å². The summed E-state index contributed by atoms with van der Waals surface area (Å²) in [6, 6.07) is 8.09. The number of benzene rings is 1. The monoisotopic (exact) mass is 458 g/mol. The summed E-state index contributed by atoms with van der Waals surface area (Å²) in [5, 5.41) is 22.5. The Labute approximate surface area is 195 Å². The van der Waals surface area contributed by atoms with Crippen molar-refractivity contribution in [1.29, 1.82) is 0 Å². The molecule has 0 bridgehead atoms. The Bertz CT molecular complexity index is 1390. The molecule has 1 N–H and O–H groups in total. The molecule has 34 heavy (non-hydrogen) atoms. The number of tetrazole rings is 1. The van der Waals surface area contributed by atoms with E-state index in [1.165, 1.54) is 0 Å². The normalized spacial score (nSPS) is 17.5. The minimum atomic E-state index is -0.456. The van der Waals surface area contributed by atoms with Gasteiger partial charge in [-0.05, 0) is 41.8 Å². The van der Waals surface area contributed by atoms with E-state index in [-0.39, 0.29) is 5.69 Å². The van der Waals surface area contributed by atoms with Crippen LogP contribution in [0.2, 0.25) is 0 Å². The standard InChI is InChI=1S/C23H26N10O/c1-3-6-19-14-32(21-28-25-16-31(21)4-2)22(34)33(19)15-23(9-11-24-12-10-23)18-8-5-7-17(13-18)20-26-29-30-27-20/h5,7-9,11-14,16H,3-4,6,10,15H2,1-2H3,(H,26,27,29,30). The zero-order valence-corrected chi connectivity index (χ0v) is 19.2. The van der Waals surface area contributed by atoms with Crippen molar-refractivity contribution < 1.29 is 0 Å². The highest BCUT2D eigenvalue weighted by atomic mass is 16.2. The molecule has 1 aliphatic heterocycles. The van der Waals surface area contributed by atoms with Gasteiger partial charge in [0.15, 0.2) is 5.82 Å². The van der Waals surface area contributed by atoms with Crippen LogP contribution in [0.4, 0.5) is 0 Å². The van der Waals surface area contributed by atoms with Crippen LogP contribution in [0.15, 0.2) is 58.9 Å². The molecule has 0 saturated heterocycles. The second kappa shape index (κ2) is 9.00. The van der Waals surface area contributed by atoms with Gasteiger partial charge in [-0.3, -0.25) is 14.1 Å². The summed E-state index contributed by atoms with van der Waals surface area (Å²) in [5.74, 6) is 1.12. The molecule has 0 radical (unpaired) electrons. The number of nitrogens with one attached hydrogen (secondary N) is 1. The maximum Gasteiger partial charge on any atom is 0.335 e. The Morgan fingerprint density at radius 1 is 1.21 bits per heavy atom. The van der Waals surface area contributed by atoms with Gasteiger partial charge in [0.05, 0.1) is 0 Å². The molecule has 3 aromatic heterocycles. The van der Waals surface area contributed by atoms with Crippen LogP contribution in [0.3, 0.4) is 0 Å². The largest absolute Gasteiger partial charge is 0.335 e. The number of aromatic amines is 1. The smallest absolute Gasteiger partial charge is 0.299 e. The van der Waals surface area contributed by atoms with Crippen molar-refractivity contribution in [2.75, 3.05) is 0 Å². The number of H-pyrrole nitrogens is 1. The molecule has 11 nitrogen and oxygen atoms in total. The molecule has 0 fully saturated rings. The van der Waals surface area contributed by atoms with Crippen LogP contribution in [0.25, 0.3) is 17.3 Å². The van der Waals surface area contributed by atoms with Crippen LogP contribution >= 0.6 is 0 Å². The van der Waals surface area contributed by atoms with Gasteiger partial charge >= 0.3 is 5.69 Å². The van der Waals surface area contributed by atoms with Gasteiger partial charge in [-0.1, -0.05) is 37.6 Å². The van der Waals surface area contributed by atoms with Crippen molar-refractivity contribution in [3.63, 3.8) is 0 Å². The first-order chi connectivity index (χ1) is 16.6. The highest BCUT2D eigenvalue weighted by molar-refractivity contribution is 5.65. The zero-order chi connectivity index (χ0) is 23.5. The van der Waals surface area contributed by atoms with Crippen LogP contribution in [-0.4, -0.2) is 50.7 Å². The van der Waals surface area contributed by atoms with E-state index < -0.39 is 5.41 Å². The molecule has 5 rings (SSSR count). The molecular formula is C23H26N10O. The van der Waals surface area contributed by atoms with Gasteiger partial charge in [0.1, 0.15) is 6.33 Å². The topological polar surface area (TPSA) is 124 Å². The molecule has 0 saturated carbocycles. The third-order valence-electron chi connectivity index (χ3n) is 6.26. The van der Waals surface area contributed by atoms with Gasteiger partial charge in [0, 0.05) is 48.4 Å². The van der Waals surface area contributed by atoms with Gasteiger partial charge < -0.3 is 0 Å². The lowest BCUT2D eigenvalue weighted by atomic mass is 9.76. The van der Waals surface area contributed by atoms with E-state index in [1.807, 2.05) is 40.6 Å². The van der Waals surface area contributed by atoms with Gasteiger partial charge in [0.2, 0.25) is 5.95 Å². The Morgan fingerprint density at radius 3 is 2.85 bits per heavy atom. The summed E-state index contributed by atoms with van der Waals surface area (Å²) < 4.78 is 5.33. The van der Waals surface area contributed by atoms with E-state index in [9.17, 15) is 4.79 Å². The lowest BCUT2D eigenvalue weighted by molar-refractivity contribution is 0.439. The Hall–Kier alpha value is -4.15. The summed E-state index contributed by atoms with van der Waals surface area (Å²) >= 11 is 0. The predicted octanol–water partition coefficient (Wildman–Crippen LogP) is 2.31. The summed E-state index contributed by atoms with van der Waals surface area (Å²) in [6.45, 7) is 5.25. The van der Waals surface area contributed by atoms with Gasteiger partial charge in [-0.15, -0.1) is 15.3 Å². The van der Waals surface area contributed by atoms with Crippen LogP contribution in [0.1, 0.15) is 37.9 Å². The third kappa shape index (κ3) is 3.78. The van der Waals surface area contributed by atoms with Crippen molar-refractivity contribution >= 4 is 6.21 Å². The number of rotatable bonds is 8. The molecule has 0 amide bonds. The second-order valence-corrected chi connectivity index (χ2v) is 8.36. The lowest BCUT2D eigenvalue weighted by Crippen LogP contribution is -2.37. The Morgan fingerprint density at radius 2 is 2.12 bits per heavy atom.